The SMILES string of the molecule is CCCNC(COCC1CCCCC1)C(C)CC. The Hall–Kier alpha value is -0.0800. The van der Waals surface area contributed by atoms with Crippen LogP contribution in [0.15, 0.2) is 0 Å². The summed E-state index contributed by atoms with van der Waals surface area (Å²) in [6.07, 6.45) is 9.47. The van der Waals surface area contributed by atoms with Gasteiger partial charge in [-0.05, 0) is 37.6 Å². The van der Waals surface area contributed by atoms with E-state index < -0.39 is 0 Å². The third-order valence-corrected chi connectivity index (χ3v) is 4.36. The van der Waals surface area contributed by atoms with E-state index in [9.17, 15) is 0 Å². The predicted molar refractivity (Wildman–Crippen MR) is 78.9 cm³/mol. The molecule has 2 atom stereocenters. The fraction of sp³-hybridized carbons (Fsp3) is 1.00. The molecular weight excluding hydrogens is 222 g/mol. The molecule has 2 nitrogen and oxygen atoms in total. The molecule has 1 rings (SSSR count). The van der Waals surface area contributed by atoms with Crippen molar-refractivity contribution in [1.82, 2.24) is 5.32 Å². The first-order chi connectivity index (χ1) is 8.77. The third kappa shape index (κ3) is 6.19. The molecule has 108 valence electrons. The molecule has 0 aliphatic heterocycles. The number of nitrogens with one attached hydrogen (secondary N) is 1. The Morgan fingerprint density at radius 1 is 1.17 bits per heavy atom. The van der Waals surface area contributed by atoms with Crippen LogP contribution in [-0.2, 0) is 4.74 Å². The first-order valence-electron chi connectivity index (χ1n) is 8.09. The lowest BCUT2D eigenvalue weighted by Crippen LogP contribution is -2.39. The molecule has 1 N–H and O–H groups in total. The number of hydrogen-bond acceptors (Lipinski definition) is 2. The largest absolute Gasteiger partial charge is 0.380 e. The Kier molecular flexibility index (Phi) is 8.70. The van der Waals surface area contributed by atoms with Crippen LogP contribution >= 0.6 is 0 Å². The van der Waals surface area contributed by atoms with Crippen LogP contribution < -0.4 is 5.32 Å². The van der Waals surface area contributed by atoms with Gasteiger partial charge >= 0.3 is 0 Å². The van der Waals surface area contributed by atoms with E-state index in [2.05, 4.69) is 26.1 Å². The molecule has 2 unspecified atom stereocenters. The van der Waals surface area contributed by atoms with Gasteiger partial charge in [0.05, 0.1) is 6.61 Å². The van der Waals surface area contributed by atoms with Gasteiger partial charge in [0.15, 0.2) is 0 Å². The van der Waals surface area contributed by atoms with Crippen molar-refractivity contribution in [3.63, 3.8) is 0 Å². The molecule has 18 heavy (non-hydrogen) atoms. The van der Waals surface area contributed by atoms with E-state index in [1.807, 2.05) is 0 Å². The van der Waals surface area contributed by atoms with Crippen molar-refractivity contribution in [2.24, 2.45) is 11.8 Å². The molecule has 0 aromatic carbocycles. The van der Waals surface area contributed by atoms with Crippen molar-refractivity contribution in [1.29, 1.82) is 0 Å². The highest BCUT2D eigenvalue weighted by molar-refractivity contribution is 4.72. The first kappa shape index (κ1) is 16.0. The van der Waals surface area contributed by atoms with E-state index in [1.165, 1.54) is 44.9 Å². The van der Waals surface area contributed by atoms with E-state index in [4.69, 9.17) is 4.74 Å². The quantitative estimate of drug-likeness (QED) is 0.672. The smallest absolute Gasteiger partial charge is 0.0622 e. The van der Waals surface area contributed by atoms with Crippen LogP contribution in [0.4, 0.5) is 0 Å². The number of ether oxygens (including phenoxy) is 1. The summed E-state index contributed by atoms with van der Waals surface area (Å²) in [5.41, 5.74) is 0. The van der Waals surface area contributed by atoms with Gasteiger partial charge in [0.2, 0.25) is 0 Å². The molecule has 0 bridgehead atoms. The van der Waals surface area contributed by atoms with Crippen LogP contribution in [0, 0.1) is 11.8 Å². The maximum Gasteiger partial charge on any atom is 0.0622 e. The maximum atomic E-state index is 5.99. The molecule has 1 fully saturated rings. The summed E-state index contributed by atoms with van der Waals surface area (Å²) in [5, 5.41) is 3.63. The second-order valence-electron chi connectivity index (χ2n) is 5.99. The second-order valence-corrected chi connectivity index (χ2v) is 5.99. The van der Waals surface area contributed by atoms with Gasteiger partial charge in [0.1, 0.15) is 0 Å². The minimum Gasteiger partial charge on any atom is -0.380 e. The maximum absolute atomic E-state index is 5.99. The van der Waals surface area contributed by atoms with Gasteiger partial charge in [-0.25, -0.2) is 0 Å². The van der Waals surface area contributed by atoms with Crippen molar-refractivity contribution in [2.75, 3.05) is 19.8 Å². The van der Waals surface area contributed by atoms with Crippen molar-refractivity contribution in [3.8, 4) is 0 Å². The minimum atomic E-state index is 0.540. The Morgan fingerprint density at radius 3 is 2.50 bits per heavy atom. The highest BCUT2D eigenvalue weighted by Crippen LogP contribution is 2.23. The van der Waals surface area contributed by atoms with Crippen LogP contribution in [0.25, 0.3) is 0 Å². The van der Waals surface area contributed by atoms with Crippen molar-refractivity contribution < 1.29 is 4.74 Å². The zero-order valence-electron chi connectivity index (χ0n) is 12.7. The highest BCUT2D eigenvalue weighted by atomic mass is 16.5. The summed E-state index contributed by atoms with van der Waals surface area (Å²) in [6, 6.07) is 0.540. The monoisotopic (exact) mass is 255 g/mol. The third-order valence-electron chi connectivity index (χ3n) is 4.36. The van der Waals surface area contributed by atoms with Crippen LogP contribution in [-0.4, -0.2) is 25.8 Å². The zero-order chi connectivity index (χ0) is 13.2. The first-order valence-corrected chi connectivity index (χ1v) is 8.09. The predicted octanol–water partition coefficient (Wildman–Crippen LogP) is 4.00. The molecule has 1 aliphatic rings. The standard InChI is InChI=1S/C16H33NO/c1-4-11-17-16(14(3)5-2)13-18-12-15-9-7-6-8-10-15/h14-17H,4-13H2,1-3H3. The Bertz CT molecular complexity index is 190. The molecule has 0 radical (unpaired) electrons. The zero-order valence-corrected chi connectivity index (χ0v) is 12.7. The van der Waals surface area contributed by atoms with E-state index in [1.54, 1.807) is 0 Å². The molecule has 0 heterocycles. The summed E-state index contributed by atoms with van der Waals surface area (Å²) < 4.78 is 5.99. The summed E-state index contributed by atoms with van der Waals surface area (Å²) >= 11 is 0. The van der Waals surface area contributed by atoms with Crippen molar-refractivity contribution >= 4 is 0 Å². The van der Waals surface area contributed by atoms with Gasteiger partial charge in [0.25, 0.3) is 0 Å². The summed E-state index contributed by atoms with van der Waals surface area (Å²) in [5.74, 6) is 1.55. The van der Waals surface area contributed by atoms with Gasteiger partial charge < -0.3 is 10.1 Å². The second kappa shape index (κ2) is 9.80. The molecule has 1 saturated carbocycles. The average molecular weight is 255 g/mol. The van der Waals surface area contributed by atoms with E-state index in [0.717, 1.165) is 25.7 Å². The highest BCUT2D eigenvalue weighted by Gasteiger charge is 2.17. The average Bonchev–Trinajstić information content (AvgIpc) is 2.43. The van der Waals surface area contributed by atoms with Gasteiger partial charge in [-0.15, -0.1) is 0 Å². The van der Waals surface area contributed by atoms with Gasteiger partial charge in [-0.2, -0.15) is 0 Å². The summed E-state index contributed by atoms with van der Waals surface area (Å²) in [6.45, 7) is 9.82. The lowest BCUT2D eigenvalue weighted by atomic mass is 9.90. The van der Waals surface area contributed by atoms with Crippen LogP contribution in [0.5, 0.6) is 0 Å². The van der Waals surface area contributed by atoms with E-state index in [0.29, 0.717) is 12.0 Å². The molecule has 0 aromatic rings. The van der Waals surface area contributed by atoms with E-state index >= 15 is 0 Å². The van der Waals surface area contributed by atoms with Crippen molar-refractivity contribution in [3.05, 3.63) is 0 Å². The lowest BCUT2D eigenvalue weighted by molar-refractivity contribution is 0.0584. The molecule has 2 heteroatoms. The number of rotatable bonds is 9. The molecule has 0 amide bonds. The Labute approximate surface area is 114 Å². The van der Waals surface area contributed by atoms with Crippen LogP contribution in [0.1, 0.15) is 65.7 Å². The lowest BCUT2D eigenvalue weighted by Gasteiger charge is -2.26. The number of hydrogen-bond donors (Lipinski definition) is 1. The van der Waals surface area contributed by atoms with Gasteiger partial charge in [-0.1, -0.05) is 46.5 Å². The molecule has 0 spiro atoms. The molecule has 0 aromatic heterocycles. The topological polar surface area (TPSA) is 21.3 Å². The van der Waals surface area contributed by atoms with Crippen LogP contribution in [0.3, 0.4) is 0 Å². The fourth-order valence-electron chi connectivity index (χ4n) is 2.75. The van der Waals surface area contributed by atoms with Gasteiger partial charge in [0, 0.05) is 12.6 Å². The summed E-state index contributed by atoms with van der Waals surface area (Å²) in [4.78, 5) is 0. The van der Waals surface area contributed by atoms with E-state index in [-0.39, 0.29) is 0 Å². The molecule has 1 aliphatic carbocycles. The Balaban J connectivity index is 2.18. The molecular formula is C16H33NO. The minimum absolute atomic E-state index is 0.540. The molecule has 0 saturated heterocycles. The normalized spacial score (nSPS) is 20.8. The van der Waals surface area contributed by atoms with Crippen molar-refractivity contribution in [2.45, 2.75) is 71.8 Å². The fourth-order valence-corrected chi connectivity index (χ4v) is 2.75. The van der Waals surface area contributed by atoms with Crippen LogP contribution in [0.2, 0.25) is 0 Å². The summed E-state index contributed by atoms with van der Waals surface area (Å²) in [7, 11) is 0. The Morgan fingerprint density at radius 2 is 1.89 bits per heavy atom. The van der Waals surface area contributed by atoms with Gasteiger partial charge in [-0.3, -0.25) is 0 Å².